The smallest absolute Gasteiger partial charge is 0.253 e. The molecule has 1 rings (SSSR count). The summed E-state index contributed by atoms with van der Waals surface area (Å²) in [4.78, 5) is 11.6. The van der Waals surface area contributed by atoms with Crippen LogP contribution in [0, 0.1) is 0 Å². The molecular weight excluding hydrogens is 234 g/mol. The van der Waals surface area contributed by atoms with E-state index < -0.39 is 12.0 Å². The maximum Gasteiger partial charge on any atom is 0.253 e. The Bertz CT molecular complexity index is 364. The fourth-order valence-corrected chi connectivity index (χ4v) is 1.50. The number of aliphatic hydroxyl groups is 3. The Morgan fingerprint density at radius 1 is 1.17 bits per heavy atom. The summed E-state index contributed by atoms with van der Waals surface area (Å²) in [6, 6.07) is 6.75. The molecule has 0 saturated carbocycles. The Kier molecular flexibility index (Phi) is 6.35. The Morgan fingerprint density at radius 2 is 1.83 bits per heavy atom. The van der Waals surface area contributed by atoms with E-state index in [4.69, 9.17) is 10.2 Å². The summed E-state index contributed by atoms with van der Waals surface area (Å²) >= 11 is 0. The molecule has 0 aliphatic carbocycles. The van der Waals surface area contributed by atoms with Crippen molar-refractivity contribution < 1.29 is 20.1 Å². The van der Waals surface area contributed by atoms with Crippen molar-refractivity contribution in [1.82, 2.24) is 0 Å². The number of unbranched alkanes of at least 4 members (excludes halogenated alkanes) is 1. The molecule has 18 heavy (non-hydrogen) atoms. The van der Waals surface area contributed by atoms with E-state index in [1.54, 1.807) is 24.3 Å². The van der Waals surface area contributed by atoms with E-state index in [0.717, 1.165) is 5.56 Å². The lowest BCUT2D eigenvalue weighted by molar-refractivity contribution is -0.124. The molecule has 4 N–H and O–H groups in total. The zero-order valence-corrected chi connectivity index (χ0v) is 10.2. The van der Waals surface area contributed by atoms with E-state index in [1.807, 2.05) is 0 Å². The number of carbonyl (C=O) groups is 1. The summed E-state index contributed by atoms with van der Waals surface area (Å²) in [6.45, 7) is 0.0228. The lowest BCUT2D eigenvalue weighted by Gasteiger charge is -2.11. The number of benzene rings is 1. The van der Waals surface area contributed by atoms with Crippen LogP contribution in [-0.2, 0) is 11.4 Å². The van der Waals surface area contributed by atoms with Crippen LogP contribution in [0.4, 0.5) is 5.69 Å². The molecule has 1 unspecified atom stereocenters. The van der Waals surface area contributed by atoms with Crippen LogP contribution in [0.2, 0.25) is 0 Å². The van der Waals surface area contributed by atoms with Crippen LogP contribution in [0.25, 0.3) is 0 Å². The van der Waals surface area contributed by atoms with Gasteiger partial charge >= 0.3 is 0 Å². The molecule has 0 spiro atoms. The fraction of sp³-hybridized carbons (Fsp3) is 0.462. The minimum atomic E-state index is -1.06. The Labute approximate surface area is 106 Å². The molecule has 0 saturated heterocycles. The molecule has 100 valence electrons. The summed E-state index contributed by atoms with van der Waals surface area (Å²) in [7, 11) is 0. The van der Waals surface area contributed by atoms with Gasteiger partial charge < -0.3 is 20.6 Å². The van der Waals surface area contributed by atoms with E-state index in [-0.39, 0.29) is 13.2 Å². The number of aliphatic hydroxyl groups excluding tert-OH is 3. The maximum absolute atomic E-state index is 11.6. The summed E-state index contributed by atoms with van der Waals surface area (Å²) < 4.78 is 0. The van der Waals surface area contributed by atoms with Crippen molar-refractivity contribution in [2.45, 2.75) is 32.0 Å². The van der Waals surface area contributed by atoms with Crippen LogP contribution >= 0.6 is 0 Å². The molecule has 1 atom stereocenters. The number of rotatable bonds is 7. The number of amides is 1. The van der Waals surface area contributed by atoms with Gasteiger partial charge in [-0.25, -0.2) is 0 Å². The first-order valence-corrected chi connectivity index (χ1v) is 5.97. The molecular formula is C13H19NO4. The molecule has 0 aliphatic rings. The van der Waals surface area contributed by atoms with Crippen LogP contribution < -0.4 is 5.32 Å². The maximum atomic E-state index is 11.6. The van der Waals surface area contributed by atoms with Crippen molar-refractivity contribution in [2.24, 2.45) is 0 Å². The SMILES string of the molecule is O=C(Nc1ccc(CO)cc1)C(O)CCCCO. The highest BCUT2D eigenvalue weighted by molar-refractivity contribution is 5.93. The van der Waals surface area contributed by atoms with Gasteiger partial charge in [0.2, 0.25) is 0 Å². The zero-order valence-electron chi connectivity index (χ0n) is 10.2. The van der Waals surface area contributed by atoms with Gasteiger partial charge in [-0.1, -0.05) is 12.1 Å². The number of carbonyl (C=O) groups excluding carboxylic acids is 1. The predicted octanol–water partition coefficient (Wildman–Crippen LogP) is 0.641. The highest BCUT2D eigenvalue weighted by Gasteiger charge is 2.14. The van der Waals surface area contributed by atoms with Gasteiger partial charge in [0, 0.05) is 12.3 Å². The summed E-state index contributed by atoms with van der Waals surface area (Å²) in [5.41, 5.74) is 1.34. The van der Waals surface area contributed by atoms with Crippen LogP contribution in [0.15, 0.2) is 24.3 Å². The van der Waals surface area contributed by atoms with Crippen molar-refractivity contribution in [1.29, 1.82) is 0 Å². The zero-order chi connectivity index (χ0) is 13.4. The normalized spacial score (nSPS) is 12.2. The van der Waals surface area contributed by atoms with E-state index in [1.165, 1.54) is 0 Å². The molecule has 5 nitrogen and oxygen atoms in total. The number of nitrogens with one attached hydrogen (secondary N) is 1. The van der Waals surface area contributed by atoms with Crippen LogP contribution in [0.1, 0.15) is 24.8 Å². The van der Waals surface area contributed by atoms with Gasteiger partial charge in [0.1, 0.15) is 6.10 Å². The first-order valence-electron chi connectivity index (χ1n) is 5.97. The van der Waals surface area contributed by atoms with E-state index in [2.05, 4.69) is 5.32 Å². The highest BCUT2D eigenvalue weighted by atomic mass is 16.3. The largest absolute Gasteiger partial charge is 0.396 e. The van der Waals surface area contributed by atoms with Crippen molar-refractivity contribution in [3.05, 3.63) is 29.8 Å². The van der Waals surface area contributed by atoms with Gasteiger partial charge in [-0.2, -0.15) is 0 Å². The summed E-state index contributed by atoms with van der Waals surface area (Å²) in [5.74, 6) is -0.454. The molecule has 0 aromatic heterocycles. The van der Waals surface area contributed by atoms with Crippen molar-refractivity contribution in [2.75, 3.05) is 11.9 Å². The lowest BCUT2D eigenvalue weighted by atomic mass is 10.1. The number of hydrogen-bond acceptors (Lipinski definition) is 4. The van der Waals surface area contributed by atoms with Gasteiger partial charge in [0.25, 0.3) is 5.91 Å². The molecule has 0 fully saturated rings. The molecule has 0 aliphatic heterocycles. The number of hydrogen-bond donors (Lipinski definition) is 4. The van der Waals surface area contributed by atoms with Gasteiger partial charge in [-0.15, -0.1) is 0 Å². The van der Waals surface area contributed by atoms with E-state index in [0.29, 0.717) is 24.9 Å². The monoisotopic (exact) mass is 253 g/mol. The topological polar surface area (TPSA) is 89.8 Å². The minimum Gasteiger partial charge on any atom is -0.396 e. The summed E-state index contributed by atoms with van der Waals surface area (Å²) in [5, 5.41) is 29.6. The third-order valence-corrected chi connectivity index (χ3v) is 2.59. The Morgan fingerprint density at radius 3 is 2.39 bits per heavy atom. The number of anilines is 1. The molecule has 1 aromatic rings. The second-order valence-electron chi connectivity index (χ2n) is 4.08. The van der Waals surface area contributed by atoms with Crippen molar-refractivity contribution in [3.63, 3.8) is 0 Å². The third kappa shape index (κ3) is 4.83. The molecule has 0 radical (unpaired) electrons. The van der Waals surface area contributed by atoms with E-state index >= 15 is 0 Å². The van der Waals surface area contributed by atoms with Gasteiger partial charge in [0.05, 0.1) is 6.61 Å². The summed E-state index contributed by atoms with van der Waals surface area (Å²) in [6.07, 6.45) is 0.458. The quantitative estimate of drug-likeness (QED) is 0.537. The Balaban J connectivity index is 2.42. The highest BCUT2D eigenvalue weighted by Crippen LogP contribution is 2.11. The minimum absolute atomic E-state index is 0.0436. The first-order chi connectivity index (χ1) is 8.67. The van der Waals surface area contributed by atoms with Crippen LogP contribution in [0.3, 0.4) is 0 Å². The van der Waals surface area contributed by atoms with Crippen LogP contribution in [0.5, 0.6) is 0 Å². The first kappa shape index (κ1) is 14.6. The standard InChI is InChI=1S/C13H19NO4/c15-8-2-1-3-12(17)13(18)14-11-6-4-10(9-16)5-7-11/h4-7,12,15-17H,1-3,8-9H2,(H,14,18). The lowest BCUT2D eigenvalue weighted by Crippen LogP contribution is -2.27. The van der Waals surface area contributed by atoms with Gasteiger partial charge in [0.15, 0.2) is 0 Å². The van der Waals surface area contributed by atoms with Gasteiger partial charge in [-0.05, 0) is 37.0 Å². The molecule has 0 heterocycles. The van der Waals surface area contributed by atoms with Crippen LogP contribution in [-0.4, -0.2) is 33.9 Å². The van der Waals surface area contributed by atoms with Crippen molar-refractivity contribution in [3.8, 4) is 0 Å². The second kappa shape index (κ2) is 7.81. The molecule has 1 amide bonds. The average Bonchev–Trinajstić information content (AvgIpc) is 2.39. The fourth-order valence-electron chi connectivity index (χ4n) is 1.50. The molecule has 0 bridgehead atoms. The average molecular weight is 253 g/mol. The van der Waals surface area contributed by atoms with E-state index in [9.17, 15) is 9.90 Å². The Hall–Kier alpha value is -1.43. The van der Waals surface area contributed by atoms with Crippen molar-refractivity contribution >= 4 is 11.6 Å². The molecule has 1 aromatic carbocycles. The third-order valence-electron chi connectivity index (χ3n) is 2.59. The second-order valence-corrected chi connectivity index (χ2v) is 4.08. The van der Waals surface area contributed by atoms with Gasteiger partial charge in [-0.3, -0.25) is 4.79 Å². The molecule has 5 heteroatoms. The predicted molar refractivity (Wildman–Crippen MR) is 67.9 cm³/mol.